The second kappa shape index (κ2) is 8.68. The molecule has 4 rings (SSSR count). The Kier molecular flexibility index (Phi) is 6.00. The Morgan fingerprint density at radius 2 is 2.07 bits per heavy atom. The first-order valence-corrected chi connectivity index (χ1v) is 10.6. The summed E-state index contributed by atoms with van der Waals surface area (Å²) >= 11 is 1.60. The number of hydrazine groups is 1. The minimum absolute atomic E-state index is 0.125. The Labute approximate surface area is 175 Å². The molecule has 0 spiro atoms. The molecule has 1 N–H and O–H groups in total. The van der Waals surface area contributed by atoms with E-state index in [1.54, 1.807) is 23.1 Å². The number of carbonyl (C=O) groups is 1. The van der Waals surface area contributed by atoms with Crippen LogP contribution >= 0.6 is 11.8 Å². The Balaban J connectivity index is 1.34. The highest BCUT2D eigenvalue weighted by Crippen LogP contribution is 2.29. The molecule has 1 aliphatic carbocycles. The maximum atomic E-state index is 12.3. The molecule has 2 heterocycles. The minimum atomic E-state index is -4.72. The number of hydrogen-bond acceptors (Lipinski definition) is 6. The topological polar surface area (TPSA) is 72.3 Å². The van der Waals surface area contributed by atoms with Crippen molar-refractivity contribution in [3.8, 4) is 11.4 Å². The average molecular weight is 439 g/mol. The molecule has 1 unspecified atom stereocenters. The van der Waals surface area contributed by atoms with Crippen LogP contribution in [0.5, 0.6) is 5.75 Å². The van der Waals surface area contributed by atoms with Crippen LogP contribution in [-0.4, -0.2) is 50.2 Å². The molecular formula is C19H20F3N5O2S. The molecular weight excluding hydrogens is 419 g/mol. The van der Waals surface area contributed by atoms with E-state index in [1.807, 2.05) is 0 Å². The standard InChI is InChI=1S/C19H20F3N5O2S/c20-19(21,22)29-16-7-5-15(6-8-16)26-11-23-18(25-26)14-3-1-13(2-4-14)9-24-27-12-30-10-17(27)28/h3,5-8,11,13,24H,1-2,4,9-10,12H2. The summed E-state index contributed by atoms with van der Waals surface area (Å²) in [6, 6.07) is 5.47. The summed E-state index contributed by atoms with van der Waals surface area (Å²) in [5, 5.41) is 6.13. The van der Waals surface area contributed by atoms with E-state index in [2.05, 4.69) is 26.3 Å². The summed E-state index contributed by atoms with van der Waals surface area (Å²) in [6.07, 6.45) is 1.61. The van der Waals surface area contributed by atoms with Crippen molar-refractivity contribution >= 4 is 23.2 Å². The molecule has 1 atom stereocenters. The summed E-state index contributed by atoms with van der Waals surface area (Å²) in [5.41, 5.74) is 4.86. The Hall–Kier alpha value is -2.53. The number of hydrogen-bond donors (Lipinski definition) is 1. The van der Waals surface area contributed by atoms with Gasteiger partial charge >= 0.3 is 6.36 Å². The smallest absolute Gasteiger partial charge is 0.406 e. The van der Waals surface area contributed by atoms with Gasteiger partial charge in [0.2, 0.25) is 5.91 Å². The number of thioether (sulfide) groups is 1. The van der Waals surface area contributed by atoms with E-state index in [9.17, 15) is 18.0 Å². The molecule has 1 aliphatic heterocycles. The van der Waals surface area contributed by atoms with Crippen LogP contribution in [0.3, 0.4) is 0 Å². The number of halogens is 3. The van der Waals surface area contributed by atoms with E-state index in [1.165, 1.54) is 28.9 Å². The first-order chi connectivity index (χ1) is 14.4. The van der Waals surface area contributed by atoms with E-state index in [4.69, 9.17) is 0 Å². The number of amides is 1. The summed E-state index contributed by atoms with van der Waals surface area (Å²) < 4.78 is 42.2. The molecule has 160 valence electrons. The van der Waals surface area contributed by atoms with Crippen LogP contribution in [0.2, 0.25) is 0 Å². The average Bonchev–Trinajstić information content (AvgIpc) is 3.35. The number of rotatable bonds is 6. The first kappa shape index (κ1) is 20.7. The molecule has 1 aromatic carbocycles. The third-order valence-corrected chi connectivity index (χ3v) is 5.84. The fraction of sp³-hybridized carbons (Fsp3) is 0.421. The molecule has 11 heteroatoms. The molecule has 2 aliphatic rings. The van der Waals surface area contributed by atoms with Crippen LogP contribution in [0, 0.1) is 5.92 Å². The number of alkyl halides is 3. The minimum Gasteiger partial charge on any atom is -0.406 e. The summed E-state index contributed by atoms with van der Waals surface area (Å²) in [6.45, 7) is 0.754. The molecule has 0 saturated carbocycles. The summed E-state index contributed by atoms with van der Waals surface area (Å²) in [4.78, 5) is 16.0. The van der Waals surface area contributed by atoms with E-state index in [-0.39, 0.29) is 11.7 Å². The molecule has 0 radical (unpaired) electrons. The molecule has 0 bridgehead atoms. The van der Waals surface area contributed by atoms with E-state index >= 15 is 0 Å². The zero-order chi connectivity index (χ0) is 21.1. The highest BCUT2D eigenvalue weighted by atomic mass is 32.2. The molecule has 1 amide bonds. The van der Waals surface area contributed by atoms with Crippen molar-refractivity contribution in [3.63, 3.8) is 0 Å². The lowest BCUT2D eigenvalue weighted by Gasteiger charge is -2.24. The first-order valence-electron chi connectivity index (χ1n) is 9.46. The van der Waals surface area contributed by atoms with Crippen molar-refractivity contribution in [2.45, 2.75) is 25.6 Å². The van der Waals surface area contributed by atoms with Crippen molar-refractivity contribution in [2.75, 3.05) is 18.2 Å². The highest BCUT2D eigenvalue weighted by Gasteiger charge is 2.31. The lowest BCUT2D eigenvalue weighted by atomic mass is 9.89. The van der Waals surface area contributed by atoms with Crippen LogP contribution in [0.25, 0.3) is 11.3 Å². The van der Waals surface area contributed by atoms with Gasteiger partial charge in [-0.2, -0.15) is 0 Å². The summed E-state index contributed by atoms with van der Waals surface area (Å²) in [5.74, 6) is 2.12. The monoisotopic (exact) mass is 439 g/mol. The summed E-state index contributed by atoms with van der Waals surface area (Å²) in [7, 11) is 0. The van der Waals surface area contributed by atoms with E-state index in [0.29, 0.717) is 29.1 Å². The van der Waals surface area contributed by atoms with Gasteiger partial charge in [0, 0.05) is 6.54 Å². The van der Waals surface area contributed by atoms with Crippen LogP contribution in [0.1, 0.15) is 25.1 Å². The molecule has 1 saturated heterocycles. The largest absolute Gasteiger partial charge is 0.573 e. The molecule has 7 nitrogen and oxygen atoms in total. The number of carbonyl (C=O) groups excluding carboxylic acids is 1. The quantitative estimate of drug-likeness (QED) is 0.744. The maximum Gasteiger partial charge on any atom is 0.573 e. The van der Waals surface area contributed by atoms with Gasteiger partial charge in [-0.05, 0) is 55.0 Å². The van der Waals surface area contributed by atoms with Crippen LogP contribution in [0.4, 0.5) is 13.2 Å². The Morgan fingerprint density at radius 3 is 2.70 bits per heavy atom. The van der Waals surface area contributed by atoms with Crippen molar-refractivity contribution in [1.82, 2.24) is 25.2 Å². The lowest BCUT2D eigenvalue weighted by molar-refractivity contribution is -0.274. The Bertz CT molecular complexity index is 929. The Morgan fingerprint density at radius 1 is 1.27 bits per heavy atom. The number of benzene rings is 1. The second-order valence-corrected chi connectivity index (χ2v) is 8.04. The van der Waals surface area contributed by atoms with Gasteiger partial charge in [0.1, 0.15) is 12.1 Å². The van der Waals surface area contributed by atoms with Gasteiger partial charge in [0.05, 0.1) is 17.3 Å². The number of nitrogens with one attached hydrogen (secondary N) is 1. The fourth-order valence-corrected chi connectivity index (χ4v) is 4.20. The van der Waals surface area contributed by atoms with Gasteiger partial charge in [-0.25, -0.2) is 15.1 Å². The van der Waals surface area contributed by atoms with Crippen molar-refractivity contribution in [3.05, 3.63) is 42.5 Å². The molecule has 1 aromatic heterocycles. The van der Waals surface area contributed by atoms with Gasteiger partial charge in [0.25, 0.3) is 0 Å². The van der Waals surface area contributed by atoms with Crippen LogP contribution in [0.15, 0.2) is 36.7 Å². The predicted octanol–water partition coefficient (Wildman–Crippen LogP) is 3.39. The van der Waals surface area contributed by atoms with Gasteiger partial charge in [0.15, 0.2) is 5.82 Å². The third kappa shape index (κ3) is 5.14. The number of nitrogens with zero attached hydrogens (tertiary/aromatic N) is 4. The zero-order valence-corrected chi connectivity index (χ0v) is 16.7. The normalized spacial score (nSPS) is 19.8. The molecule has 1 fully saturated rings. The highest BCUT2D eigenvalue weighted by molar-refractivity contribution is 8.00. The van der Waals surface area contributed by atoms with Gasteiger partial charge in [-0.15, -0.1) is 30.0 Å². The third-order valence-electron chi connectivity index (χ3n) is 4.95. The van der Waals surface area contributed by atoms with Crippen LogP contribution < -0.4 is 10.2 Å². The number of aromatic nitrogens is 3. The second-order valence-electron chi connectivity index (χ2n) is 7.09. The van der Waals surface area contributed by atoms with E-state index < -0.39 is 6.36 Å². The van der Waals surface area contributed by atoms with Crippen LogP contribution in [-0.2, 0) is 4.79 Å². The SMILES string of the molecule is O=C1CSCN1NCC1CC=C(c2ncn(-c3ccc(OC(F)(F)F)cc3)n2)CC1. The number of ether oxygens (including phenoxy) is 1. The van der Waals surface area contributed by atoms with Gasteiger partial charge < -0.3 is 4.74 Å². The van der Waals surface area contributed by atoms with Crippen molar-refractivity contribution < 1.29 is 22.7 Å². The molecule has 30 heavy (non-hydrogen) atoms. The molecule has 2 aromatic rings. The van der Waals surface area contributed by atoms with E-state index in [0.717, 1.165) is 31.4 Å². The number of allylic oxidation sites excluding steroid dienone is 2. The van der Waals surface area contributed by atoms with Crippen molar-refractivity contribution in [2.24, 2.45) is 5.92 Å². The lowest BCUT2D eigenvalue weighted by Crippen LogP contribution is -2.42. The van der Waals surface area contributed by atoms with Gasteiger partial charge in [-0.1, -0.05) is 6.08 Å². The van der Waals surface area contributed by atoms with Gasteiger partial charge in [-0.3, -0.25) is 9.80 Å². The van der Waals surface area contributed by atoms with Crippen molar-refractivity contribution in [1.29, 1.82) is 0 Å². The maximum absolute atomic E-state index is 12.3. The predicted molar refractivity (Wildman–Crippen MR) is 106 cm³/mol. The fourth-order valence-electron chi connectivity index (χ4n) is 3.36. The zero-order valence-electron chi connectivity index (χ0n) is 15.9.